The third-order valence-electron chi connectivity index (χ3n) is 5.01. The Morgan fingerprint density at radius 2 is 1.58 bits per heavy atom. The molecule has 0 fully saturated rings. The average molecular weight is 506 g/mol. The number of carbonyl (C=O) groups excluding carboxylic acids is 1. The highest BCUT2D eigenvalue weighted by Crippen LogP contribution is 2.31. The summed E-state index contributed by atoms with van der Waals surface area (Å²) in [7, 11) is 0. The van der Waals surface area contributed by atoms with E-state index in [9.17, 15) is 9.18 Å². The number of amides is 1. The van der Waals surface area contributed by atoms with Crippen LogP contribution in [0.2, 0.25) is 0 Å². The number of nitrogens with two attached hydrogens (primary N) is 1. The van der Waals surface area contributed by atoms with E-state index in [0.29, 0.717) is 23.5 Å². The monoisotopic (exact) mass is 505 g/mol. The number of carbonyl (C=O) groups is 1. The summed E-state index contributed by atoms with van der Waals surface area (Å²) in [5.41, 5.74) is 11.0. The molecular weight excluding hydrogens is 485 g/mol. The van der Waals surface area contributed by atoms with Crippen molar-refractivity contribution < 1.29 is 9.18 Å². The highest BCUT2D eigenvalue weighted by molar-refractivity contribution is 9.10. The molecule has 1 amide bonds. The van der Waals surface area contributed by atoms with Crippen LogP contribution in [0.4, 0.5) is 10.2 Å². The van der Waals surface area contributed by atoms with Crippen LogP contribution in [0.25, 0.3) is 22.5 Å². The molecule has 4 aromatic rings. The zero-order chi connectivity index (χ0) is 23.5. The first-order chi connectivity index (χ1) is 15.8. The minimum absolute atomic E-state index is 0.00907. The number of rotatable bonds is 5. The first-order valence-corrected chi connectivity index (χ1v) is 11.0. The number of aromatic nitrogens is 3. The Bertz CT molecular complexity index is 1320. The number of benzene rings is 2. The number of nitrogens with one attached hydrogen (secondary N) is 1. The second kappa shape index (κ2) is 9.46. The van der Waals surface area contributed by atoms with Crippen LogP contribution >= 0.6 is 15.9 Å². The van der Waals surface area contributed by atoms with Gasteiger partial charge >= 0.3 is 0 Å². The Labute approximate surface area is 199 Å². The summed E-state index contributed by atoms with van der Waals surface area (Å²) >= 11 is 3.48. The summed E-state index contributed by atoms with van der Waals surface area (Å²) in [6, 6.07) is 17.2. The summed E-state index contributed by atoms with van der Waals surface area (Å²) in [6.07, 6.45) is 0. The summed E-state index contributed by atoms with van der Waals surface area (Å²) in [4.78, 5) is 26.5. The summed E-state index contributed by atoms with van der Waals surface area (Å²) in [6.45, 7) is 4.05. The van der Waals surface area contributed by atoms with Crippen LogP contribution < -0.4 is 11.1 Å². The summed E-state index contributed by atoms with van der Waals surface area (Å²) in [5.74, 6) is -0.810. The van der Waals surface area contributed by atoms with Crippen molar-refractivity contribution in [2.24, 2.45) is 0 Å². The van der Waals surface area contributed by atoms with Crippen molar-refractivity contribution >= 4 is 27.7 Å². The first-order valence-electron chi connectivity index (χ1n) is 10.2. The molecule has 0 spiro atoms. The van der Waals surface area contributed by atoms with E-state index >= 15 is 0 Å². The number of hydrogen-bond donors (Lipinski definition) is 2. The van der Waals surface area contributed by atoms with Gasteiger partial charge in [0.25, 0.3) is 5.91 Å². The lowest BCUT2D eigenvalue weighted by Gasteiger charge is -2.14. The molecule has 0 atom stereocenters. The lowest BCUT2D eigenvalue weighted by molar-refractivity contribution is 0.0946. The predicted molar refractivity (Wildman–Crippen MR) is 130 cm³/mol. The Hall–Kier alpha value is -3.65. The zero-order valence-electron chi connectivity index (χ0n) is 18.1. The van der Waals surface area contributed by atoms with Gasteiger partial charge in [-0.2, -0.15) is 0 Å². The van der Waals surface area contributed by atoms with Crippen LogP contribution in [0.5, 0.6) is 0 Å². The predicted octanol–water partition coefficient (Wildman–Crippen LogP) is 5.24. The van der Waals surface area contributed by atoms with Gasteiger partial charge in [-0.25, -0.2) is 14.4 Å². The quantitative estimate of drug-likeness (QED) is 0.387. The number of nitrogen functional groups attached to an aromatic ring is 1. The van der Waals surface area contributed by atoms with Crippen LogP contribution in [0, 0.1) is 19.7 Å². The molecule has 0 saturated heterocycles. The summed E-state index contributed by atoms with van der Waals surface area (Å²) < 4.78 is 14.4. The first kappa shape index (κ1) is 22.5. The van der Waals surface area contributed by atoms with Crippen molar-refractivity contribution in [3.05, 3.63) is 93.6 Å². The van der Waals surface area contributed by atoms with Crippen LogP contribution in [0.3, 0.4) is 0 Å². The maximum atomic E-state index is 13.5. The van der Waals surface area contributed by atoms with Crippen molar-refractivity contribution in [2.45, 2.75) is 20.4 Å². The van der Waals surface area contributed by atoms with E-state index in [1.54, 1.807) is 12.1 Å². The molecule has 0 radical (unpaired) electrons. The number of halogens is 2. The fourth-order valence-corrected chi connectivity index (χ4v) is 3.92. The molecule has 0 aliphatic carbocycles. The standard InChI is InChI=1S/C25H21BrFN5O/c1-14-11-18(12-15(2)30-14)22-21(16-7-9-19(27)10-8-16)32-24(28)23(31-22)25(33)29-13-17-5-3-4-6-20(17)26/h3-12H,13H2,1-2H3,(H2,28,32)(H,29,33). The molecule has 4 rings (SSSR count). The van der Waals surface area contributed by atoms with Gasteiger partial charge in [0, 0.05) is 33.5 Å². The Kier molecular flexibility index (Phi) is 6.46. The van der Waals surface area contributed by atoms with Gasteiger partial charge in [0.05, 0.1) is 11.4 Å². The highest BCUT2D eigenvalue weighted by Gasteiger charge is 2.20. The number of nitrogens with zero attached hydrogens (tertiary/aromatic N) is 3. The molecule has 2 aromatic heterocycles. The van der Waals surface area contributed by atoms with Gasteiger partial charge in [0.1, 0.15) is 5.82 Å². The third-order valence-corrected chi connectivity index (χ3v) is 5.78. The molecule has 0 bridgehead atoms. The van der Waals surface area contributed by atoms with E-state index in [2.05, 4.69) is 36.2 Å². The number of pyridine rings is 1. The maximum Gasteiger partial charge on any atom is 0.274 e. The van der Waals surface area contributed by atoms with E-state index in [4.69, 9.17) is 5.73 Å². The fraction of sp³-hybridized carbons (Fsp3) is 0.120. The van der Waals surface area contributed by atoms with E-state index in [1.807, 2.05) is 50.2 Å². The molecule has 8 heteroatoms. The summed E-state index contributed by atoms with van der Waals surface area (Å²) in [5, 5.41) is 2.85. The topological polar surface area (TPSA) is 93.8 Å². The Balaban J connectivity index is 1.78. The normalized spacial score (nSPS) is 10.8. The molecule has 2 aromatic carbocycles. The van der Waals surface area contributed by atoms with Gasteiger partial charge in [-0.05, 0) is 61.9 Å². The Morgan fingerprint density at radius 1 is 0.939 bits per heavy atom. The van der Waals surface area contributed by atoms with Crippen molar-refractivity contribution in [3.8, 4) is 22.5 Å². The van der Waals surface area contributed by atoms with Crippen LogP contribution in [-0.2, 0) is 6.54 Å². The minimum atomic E-state index is -0.440. The molecule has 166 valence electrons. The molecule has 0 unspecified atom stereocenters. The number of aryl methyl sites for hydroxylation is 2. The zero-order valence-corrected chi connectivity index (χ0v) is 19.6. The van der Waals surface area contributed by atoms with Crippen molar-refractivity contribution in [1.82, 2.24) is 20.3 Å². The van der Waals surface area contributed by atoms with Gasteiger partial charge < -0.3 is 11.1 Å². The molecule has 6 nitrogen and oxygen atoms in total. The lowest BCUT2D eigenvalue weighted by atomic mass is 10.0. The van der Waals surface area contributed by atoms with Crippen molar-refractivity contribution in [2.75, 3.05) is 5.73 Å². The largest absolute Gasteiger partial charge is 0.382 e. The van der Waals surface area contributed by atoms with E-state index in [-0.39, 0.29) is 17.3 Å². The molecule has 33 heavy (non-hydrogen) atoms. The van der Waals surface area contributed by atoms with Crippen LogP contribution in [-0.4, -0.2) is 20.9 Å². The van der Waals surface area contributed by atoms with Gasteiger partial charge in [-0.1, -0.05) is 34.1 Å². The van der Waals surface area contributed by atoms with Gasteiger partial charge in [0.15, 0.2) is 11.5 Å². The van der Waals surface area contributed by atoms with Gasteiger partial charge in [-0.3, -0.25) is 9.78 Å². The van der Waals surface area contributed by atoms with Crippen molar-refractivity contribution in [3.63, 3.8) is 0 Å². The Morgan fingerprint density at radius 3 is 2.24 bits per heavy atom. The average Bonchev–Trinajstić information content (AvgIpc) is 2.78. The number of anilines is 1. The maximum absolute atomic E-state index is 13.5. The third kappa shape index (κ3) is 5.06. The molecular formula is C25H21BrFN5O. The van der Waals surface area contributed by atoms with Gasteiger partial charge in [0.2, 0.25) is 0 Å². The van der Waals surface area contributed by atoms with E-state index in [0.717, 1.165) is 27.0 Å². The smallest absolute Gasteiger partial charge is 0.274 e. The van der Waals surface area contributed by atoms with E-state index in [1.165, 1.54) is 12.1 Å². The molecule has 0 aliphatic rings. The van der Waals surface area contributed by atoms with Crippen LogP contribution in [0.15, 0.2) is 65.1 Å². The van der Waals surface area contributed by atoms with E-state index < -0.39 is 5.91 Å². The highest BCUT2D eigenvalue weighted by atomic mass is 79.9. The second-order valence-electron chi connectivity index (χ2n) is 7.57. The fourth-order valence-electron chi connectivity index (χ4n) is 3.50. The minimum Gasteiger partial charge on any atom is -0.382 e. The van der Waals surface area contributed by atoms with Crippen LogP contribution in [0.1, 0.15) is 27.4 Å². The van der Waals surface area contributed by atoms with Crippen molar-refractivity contribution in [1.29, 1.82) is 0 Å². The molecule has 0 saturated carbocycles. The molecule has 0 aliphatic heterocycles. The second-order valence-corrected chi connectivity index (χ2v) is 8.43. The lowest BCUT2D eigenvalue weighted by Crippen LogP contribution is -2.26. The number of hydrogen-bond acceptors (Lipinski definition) is 5. The molecule has 3 N–H and O–H groups in total. The molecule has 2 heterocycles. The SMILES string of the molecule is Cc1cc(-c2nc(C(=O)NCc3ccccc3Br)c(N)nc2-c2ccc(F)cc2)cc(C)n1. The van der Waals surface area contributed by atoms with Gasteiger partial charge in [-0.15, -0.1) is 0 Å².